The van der Waals surface area contributed by atoms with Crippen molar-refractivity contribution < 1.29 is 23.9 Å². The lowest BCUT2D eigenvalue weighted by molar-refractivity contribution is -0.155. The first-order chi connectivity index (χ1) is 14.0. The fraction of sp³-hybridized carbons (Fsp3) is 0.696. The van der Waals surface area contributed by atoms with Gasteiger partial charge >= 0.3 is 12.1 Å². The number of amides is 2. The molecule has 1 aliphatic heterocycles. The maximum atomic E-state index is 13.8. The van der Waals surface area contributed by atoms with Crippen molar-refractivity contribution in [1.29, 1.82) is 0 Å². The van der Waals surface area contributed by atoms with Crippen LogP contribution in [0.15, 0.2) is 24.8 Å². The minimum Gasteiger partial charge on any atom is -0.467 e. The third-order valence-corrected chi connectivity index (χ3v) is 5.21. The SMILES string of the molecule is C=C[C@H]1CCN(C(=O)OC(C)(C)C)[C@@H]1C(=O)N(C(C=CCC)CC)[C@@H](C)C(=O)OC. The van der Waals surface area contributed by atoms with E-state index in [4.69, 9.17) is 9.47 Å². The molecule has 0 saturated carbocycles. The van der Waals surface area contributed by atoms with Crippen LogP contribution in [0.3, 0.4) is 0 Å². The molecule has 0 bridgehead atoms. The van der Waals surface area contributed by atoms with Crippen molar-refractivity contribution >= 4 is 18.0 Å². The number of ether oxygens (including phenoxy) is 2. The van der Waals surface area contributed by atoms with Gasteiger partial charge in [0.25, 0.3) is 0 Å². The van der Waals surface area contributed by atoms with E-state index in [0.29, 0.717) is 19.4 Å². The zero-order valence-electron chi connectivity index (χ0n) is 19.5. The Morgan fingerprint density at radius 2 is 1.90 bits per heavy atom. The van der Waals surface area contributed by atoms with Gasteiger partial charge in [0, 0.05) is 12.5 Å². The van der Waals surface area contributed by atoms with E-state index < -0.39 is 29.7 Å². The molecule has 1 fully saturated rings. The summed E-state index contributed by atoms with van der Waals surface area (Å²) in [6.07, 6.45) is 7.14. The molecule has 7 heteroatoms. The molecule has 0 aromatic carbocycles. The third kappa shape index (κ3) is 6.34. The molecule has 2 amide bonds. The van der Waals surface area contributed by atoms with Crippen molar-refractivity contribution in [2.45, 2.75) is 84.5 Å². The zero-order valence-corrected chi connectivity index (χ0v) is 19.5. The summed E-state index contributed by atoms with van der Waals surface area (Å²) in [5, 5.41) is 0. The number of allylic oxidation sites excluding steroid dienone is 1. The number of likely N-dealkylation sites (tertiary alicyclic amines) is 1. The molecule has 1 aliphatic rings. The molecule has 0 radical (unpaired) electrons. The standard InChI is InChI=1S/C23H38N2O5/c1-9-12-13-18(11-3)25(16(4)21(27)29-8)20(26)19-17(10-2)14-15-24(19)22(28)30-23(5,6)7/h10,12-13,16-19H,2,9,11,14-15H2,1,3-8H3/t16-,17-,18?,19-/m0/s1. The lowest BCUT2D eigenvalue weighted by Crippen LogP contribution is -2.57. The lowest BCUT2D eigenvalue weighted by atomic mass is 9.97. The average molecular weight is 423 g/mol. The monoisotopic (exact) mass is 422 g/mol. The summed E-state index contributed by atoms with van der Waals surface area (Å²) in [5.41, 5.74) is -0.675. The van der Waals surface area contributed by atoms with E-state index >= 15 is 0 Å². The number of hydrogen-bond donors (Lipinski definition) is 0. The van der Waals surface area contributed by atoms with Crippen molar-refractivity contribution in [2.24, 2.45) is 5.92 Å². The zero-order chi connectivity index (χ0) is 23.1. The van der Waals surface area contributed by atoms with Crippen molar-refractivity contribution in [3.63, 3.8) is 0 Å². The fourth-order valence-electron chi connectivity index (χ4n) is 3.70. The largest absolute Gasteiger partial charge is 0.467 e. The highest BCUT2D eigenvalue weighted by Crippen LogP contribution is 2.30. The number of rotatable bonds is 8. The second-order valence-electron chi connectivity index (χ2n) is 8.56. The Hall–Kier alpha value is -2.31. The summed E-state index contributed by atoms with van der Waals surface area (Å²) in [7, 11) is 1.30. The highest BCUT2D eigenvalue weighted by Gasteiger charge is 2.46. The molecule has 0 aromatic rings. The highest BCUT2D eigenvalue weighted by molar-refractivity contribution is 5.91. The Balaban J connectivity index is 3.36. The fourth-order valence-corrected chi connectivity index (χ4v) is 3.70. The molecule has 0 N–H and O–H groups in total. The molecule has 0 aromatic heterocycles. The first-order valence-electron chi connectivity index (χ1n) is 10.7. The third-order valence-electron chi connectivity index (χ3n) is 5.21. The molecule has 1 heterocycles. The van der Waals surface area contributed by atoms with Crippen LogP contribution in [0.25, 0.3) is 0 Å². The van der Waals surface area contributed by atoms with Gasteiger partial charge in [0.1, 0.15) is 17.7 Å². The van der Waals surface area contributed by atoms with E-state index in [2.05, 4.69) is 6.58 Å². The summed E-state index contributed by atoms with van der Waals surface area (Å²) in [4.78, 5) is 42.0. The molecule has 4 atom stereocenters. The van der Waals surface area contributed by atoms with Crippen molar-refractivity contribution in [3.8, 4) is 0 Å². The molecule has 7 nitrogen and oxygen atoms in total. The van der Waals surface area contributed by atoms with Crippen LogP contribution in [0.5, 0.6) is 0 Å². The number of esters is 1. The Morgan fingerprint density at radius 1 is 1.27 bits per heavy atom. The maximum Gasteiger partial charge on any atom is 0.410 e. The average Bonchev–Trinajstić information content (AvgIpc) is 3.12. The predicted molar refractivity (Wildman–Crippen MR) is 117 cm³/mol. The van der Waals surface area contributed by atoms with E-state index in [0.717, 1.165) is 6.42 Å². The van der Waals surface area contributed by atoms with Gasteiger partial charge in [-0.25, -0.2) is 9.59 Å². The Morgan fingerprint density at radius 3 is 2.37 bits per heavy atom. The van der Waals surface area contributed by atoms with Crippen LogP contribution in [0.4, 0.5) is 4.79 Å². The van der Waals surface area contributed by atoms with E-state index in [9.17, 15) is 14.4 Å². The van der Waals surface area contributed by atoms with Crippen LogP contribution in [0.2, 0.25) is 0 Å². The van der Waals surface area contributed by atoms with Gasteiger partial charge in [-0.1, -0.05) is 32.1 Å². The van der Waals surface area contributed by atoms with Crippen LogP contribution < -0.4 is 0 Å². The van der Waals surface area contributed by atoms with E-state index in [-0.39, 0.29) is 17.9 Å². The molecule has 30 heavy (non-hydrogen) atoms. The van der Waals surface area contributed by atoms with Gasteiger partial charge in [-0.3, -0.25) is 9.69 Å². The van der Waals surface area contributed by atoms with Crippen molar-refractivity contribution in [3.05, 3.63) is 24.8 Å². The summed E-state index contributed by atoms with van der Waals surface area (Å²) in [6, 6.07) is -1.85. The molecule has 0 spiro atoms. The number of methoxy groups -OCH3 is 1. The topological polar surface area (TPSA) is 76.2 Å². The Kier molecular flexibility index (Phi) is 9.59. The quantitative estimate of drug-likeness (QED) is 0.437. The predicted octanol–water partition coefficient (Wildman–Crippen LogP) is 3.93. The van der Waals surface area contributed by atoms with Crippen molar-refractivity contribution in [2.75, 3.05) is 13.7 Å². The number of carbonyl (C=O) groups excluding carboxylic acids is 3. The molecule has 170 valence electrons. The van der Waals surface area contributed by atoms with E-state index in [1.54, 1.807) is 38.7 Å². The Labute approximate surface area is 181 Å². The highest BCUT2D eigenvalue weighted by atomic mass is 16.6. The van der Waals surface area contributed by atoms with Gasteiger partial charge in [0.2, 0.25) is 5.91 Å². The summed E-state index contributed by atoms with van der Waals surface area (Å²) in [6.45, 7) is 15.2. The first kappa shape index (κ1) is 25.7. The smallest absolute Gasteiger partial charge is 0.410 e. The van der Waals surface area contributed by atoms with Crippen LogP contribution in [-0.2, 0) is 19.1 Å². The first-order valence-corrected chi connectivity index (χ1v) is 10.7. The van der Waals surface area contributed by atoms with Crippen LogP contribution in [0, 0.1) is 5.92 Å². The molecular weight excluding hydrogens is 384 g/mol. The molecular formula is C23H38N2O5. The molecule has 0 aliphatic carbocycles. The van der Waals surface area contributed by atoms with Gasteiger partial charge in [0.15, 0.2) is 0 Å². The summed E-state index contributed by atoms with van der Waals surface area (Å²) >= 11 is 0. The normalized spacial score (nSPS) is 21.2. The molecule has 1 unspecified atom stereocenters. The molecule has 1 rings (SSSR count). The van der Waals surface area contributed by atoms with Crippen LogP contribution in [-0.4, -0.2) is 65.2 Å². The summed E-state index contributed by atoms with van der Waals surface area (Å²) in [5.74, 6) is -1.01. The van der Waals surface area contributed by atoms with Crippen LogP contribution >= 0.6 is 0 Å². The van der Waals surface area contributed by atoms with Gasteiger partial charge in [-0.05, 0) is 47.0 Å². The van der Waals surface area contributed by atoms with Gasteiger partial charge in [-0.15, -0.1) is 6.58 Å². The Bertz CT molecular complexity index is 652. The minimum atomic E-state index is -0.791. The lowest BCUT2D eigenvalue weighted by Gasteiger charge is -2.38. The number of carbonyl (C=O) groups is 3. The van der Waals surface area contributed by atoms with Gasteiger partial charge in [0.05, 0.1) is 13.2 Å². The number of hydrogen-bond acceptors (Lipinski definition) is 5. The maximum absolute atomic E-state index is 13.8. The minimum absolute atomic E-state index is 0.218. The second kappa shape index (κ2) is 11.2. The molecule has 1 saturated heterocycles. The van der Waals surface area contributed by atoms with Crippen molar-refractivity contribution in [1.82, 2.24) is 9.80 Å². The second-order valence-corrected chi connectivity index (χ2v) is 8.56. The van der Waals surface area contributed by atoms with Gasteiger partial charge in [-0.2, -0.15) is 0 Å². The van der Waals surface area contributed by atoms with Crippen LogP contribution in [0.1, 0.15) is 60.8 Å². The van der Waals surface area contributed by atoms with E-state index in [1.807, 2.05) is 26.0 Å². The van der Waals surface area contributed by atoms with Gasteiger partial charge < -0.3 is 14.4 Å². The number of nitrogens with zero attached hydrogens (tertiary/aromatic N) is 2. The summed E-state index contributed by atoms with van der Waals surface area (Å²) < 4.78 is 10.4. The van der Waals surface area contributed by atoms with E-state index in [1.165, 1.54) is 12.0 Å².